The highest BCUT2D eigenvalue weighted by molar-refractivity contribution is 6.39. The molecule has 0 bridgehead atoms. The molecule has 0 fully saturated rings. The molecule has 0 aliphatic heterocycles. The van der Waals surface area contributed by atoms with Crippen LogP contribution in [0.15, 0.2) is 78.9 Å². The van der Waals surface area contributed by atoms with Crippen LogP contribution in [0.2, 0.25) is 10.0 Å². The van der Waals surface area contributed by atoms with E-state index in [9.17, 15) is 4.79 Å². The molecule has 2 N–H and O–H groups in total. The average Bonchev–Trinajstić information content (AvgIpc) is 3.12. The normalized spacial score (nSPS) is 11.2. The number of primary amides is 1. The number of amides is 1. The molecule has 0 saturated heterocycles. The highest BCUT2D eigenvalue weighted by atomic mass is 35.5. The maximum atomic E-state index is 12.2. The van der Waals surface area contributed by atoms with Crippen LogP contribution in [0.1, 0.15) is 15.9 Å². The van der Waals surface area contributed by atoms with E-state index in [2.05, 4.69) is 10.6 Å². The molecule has 1 amide bonds. The van der Waals surface area contributed by atoms with E-state index in [0.29, 0.717) is 22.2 Å². The Balaban J connectivity index is 1.79. The highest BCUT2D eigenvalue weighted by Crippen LogP contribution is 2.39. The predicted molar refractivity (Wildman–Crippen MR) is 136 cm³/mol. The van der Waals surface area contributed by atoms with E-state index in [1.807, 2.05) is 66.7 Å². The summed E-state index contributed by atoms with van der Waals surface area (Å²) in [6.45, 7) is 0.603. The summed E-state index contributed by atoms with van der Waals surface area (Å²) in [6.07, 6.45) is 0. The lowest BCUT2D eigenvalue weighted by Gasteiger charge is -2.11. The number of ether oxygens (including phenoxy) is 1. The third-order valence-corrected chi connectivity index (χ3v) is 6.54. The number of fused-ring (bicyclic) bond motifs is 3. The van der Waals surface area contributed by atoms with E-state index in [4.69, 9.17) is 33.7 Å². The molecule has 1 heterocycles. The molecule has 4 aromatic carbocycles. The second-order valence-corrected chi connectivity index (χ2v) is 8.64. The molecule has 0 radical (unpaired) electrons. The van der Waals surface area contributed by atoms with Gasteiger partial charge in [0.25, 0.3) is 0 Å². The molecule has 0 spiro atoms. The van der Waals surface area contributed by atoms with Gasteiger partial charge in [0.15, 0.2) is 0 Å². The second kappa shape index (κ2) is 8.47. The summed E-state index contributed by atoms with van der Waals surface area (Å²) in [4.78, 5) is 12.2. The molecule has 0 atom stereocenters. The number of carbonyl (C=O) groups is 1. The van der Waals surface area contributed by atoms with Gasteiger partial charge in [-0.1, -0.05) is 59.6 Å². The van der Waals surface area contributed by atoms with Gasteiger partial charge in [0.2, 0.25) is 5.91 Å². The zero-order chi connectivity index (χ0) is 23.1. The Labute approximate surface area is 201 Å². The summed E-state index contributed by atoms with van der Waals surface area (Å²) in [6, 6.07) is 25.1. The summed E-state index contributed by atoms with van der Waals surface area (Å²) >= 11 is 13.0. The van der Waals surface area contributed by atoms with Crippen molar-refractivity contribution in [3.8, 4) is 16.9 Å². The molecule has 0 aliphatic carbocycles. The highest BCUT2D eigenvalue weighted by Gasteiger charge is 2.18. The van der Waals surface area contributed by atoms with E-state index < -0.39 is 5.91 Å². The monoisotopic (exact) mass is 474 g/mol. The van der Waals surface area contributed by atoms with E-state index in [1.165, 1.54) is 0 Å². The third kappa shape index (κ3) is 3.71. The first-order valence-corrected chi connectivity index (χ1v) is 11.2. The van der Waals surface area contributed by atoms with E-state index in [1.54, 1.807) is 13.2 Å². The van der Waals surface area contributed by atoms with Crippen molar-refractivity contribution >= 4 is 50.9 Å². The number of carbonyl (C=O) groups excluding carboxylic acids is 1. The first kappa shape index (κ1) is 21.4. The number of methoxy groups -OCH3 is 1. The topological polar surface area (TPSA) is 57.2 Å². The fourth-order valence-corrected chi connectivity index (χ4v) is 4.98. The zero-order valence-electron chi connectivity index (χ0n) is 17.8. The van der Waals surface area contributed by atoms with E-state index in [-0.39, 0.29) is 0 Å². The first-order valence-electron chi connectivity index (χ1n) is 10.4. The van der Waals surface area contributed by atoms with Gasteiger partial charge in [-0.25, -0.2) is 0 Å². The van der Waals surface area contributed by atoms with Crippen molar-refractivity contribution in [3.63, 3.8) is 0 Å². The minimum atomic E-state index is -0.456. The maximum absolute atomic E-state index is 12.2. The van der Waals surface area contributed by atoms with Crippen LogP contribution >= 0.6 is 23.2 Å². The van der Waals surface area contributed by atoms with Crippen molar-refractivity contribution in [2.45, 2.75) is 6.54 Å². The molecule has 0 aliphatic rings. The number of halogens is 2. The smallest absolute Gasteiger partial charge is 0.249 e. The van der Waals surface area contributed by atoms with Crippen LogP contribution in [0.5, 0.6) is 5.75 Å². The second-order valence-electron chi connectivity index (χ2n) is 7.83. The van der Waals surface area contributed by atoms with Gasteiger partial charge < -0.3 is 15.0 Å². The van der Waals surface area contributed by atoms with E-state index >= 15 is 0 Å². The van der Waals surface area contributed by atoms with Gasteiger partial charge in [0.05, 0.1) is 18.1 Å². The van der Waals surface area contributed by atoms with Crippen molar-refractivity contribution in [1.82, 2.24) is 4.57 Å². The van der Waals surface area contributed by atoms with Crippen LogP contribution in [0.3, 0.4) is 0 Å². The number of aromatic nitrogens is 1. The summed E-state index contributed by atoms with van der Waals surface area (Å²) < 4.78 is 7.48. The van der Waals surface area contributed by atoms with Crippen LogP contribution < -0.4 is 10.5 Å². The predicted octanol–water partition coefficient (Wildman–Crippen LogP) is 6.92. The SMILES string of the molecule is COc1ccc(Cn2c3cc(-c4c(Cl)cccc4Cl)ccc3c3c(C(N)=O)cccc32)cc1. The number of hydrogen-bond acceptors (Lipinski definition) is 2. The fraction of sp³-hybridized carbons (Fsp3) is 0.0741. The van der Waals surface area contributed by atoms with Crippen LogP contribution in [0, 0.1) is 0 Å². The van der Waals surface area contributed by atoms with Crippen molar-refractivity contribution in [3.05, 3.63) is 100 Å². The van der Waals surface area contributed by atoms with Crippen molar-refractivity contribution < 1.29 is 9.53 Å². The Hall–Kier alpha value is -3.47. The van der Waals surface area contributed by atoms with Crippen molar-refractivity contribution in [2.75, 3.05) is 7.11 Å². The molecule has 4 nitrogen and oxygen atoms in total. The number of rotatable bonds is 5. The van der Waals surface area contributed by atoms with Gasteiger partial charge >= 0.3 is 0 Å². The minimum Gasteiger partial charge on any atom is -0.497 e. The Morgan fingerprint density at radius 1 is 0.909 bits per heavy atom. The summed E-state index contributed by atoms with van der Waals surface area (Å²) in [7, 11) is 1.65. The molecule has 0 saturated carbocycles. The lowest BCUT2D eigenvalue weighted by Crippen LogP contribution is -2.11. The molecule has 0 unspecified atom stereocenters. The van der Waals surface area contributed by atoms with E-state index in [0.717, 1.165) is 44.2 Å². The summed E-state index contributed by atoms with van der Waals surface area (Å²) in [5.74, 6) is 0.343. The Morgan fingerprint density at radius 2 is 1.61 bits per heavy atom. The fourth-order valence-electron chi connectivity index (χ4n) is 4.36. The number of nitrogens with zero attached hydrogens (tertiary/aromatic N) is 1. The Bertz CT molecular complexity index is 1500. The number of hydrogen-bond donors (Lipinski definition) is 1. The van der Waals surface area contributed by atoms with Gasteiger partial charge in [0, 0.05) is 38.5 Å². The molecule has 33 heavy (non-hydrogen) atoms. The summed E-state index contributed by atoms with van der Waals surface area (Å²) in [5.41, 5.74) is 10.9. The van der Waals surface area contributed by atoms with Gasteiger partial charge in [-0.05, 0) is 53.6 Å². The van der Waals surface area contributed by atoms with Gasteiger partial charge in [0.1, 0.15) is 5.75 Å². The third-order valence-electron chi connectivity index (χ3n) is 5.91. The maximum Gasteiger partial charge on any atom is 0.249 e. The van der Waals surface area contributed by atoms with Crippen LogP contribution in [0.4, 0.5) is 0 Å². The van der Waals surface area contributed by atoms with Gasteiger partial charge in [-0.3, -0.25) is 4.79 Å². The quantitative estimate of drug-likeness (QED) is 0.300. The number of nitrogens with two attached hydrogens (primary N) is 1. The summed E-state index contributed by atoms with van der Waals surface area (Å²) in [5, 5.41) is 2.94. The number of benzene rings is 4. The zero-order valence-corrected chi connectivity index (χ0v) is 19.3. The van der Waals surface area contributed by atoms with Crippen molar-refractivity contribution in [2.24, 2.45) is 5.73 Å². The average molecular weight is 475 g/mol. The lowest BCUT2D eigenvalue weighted by molar-refractivity contribution is 0.100. The Morgan fingerprint density at radius 3 is 2.27 bits per heavy atom. The minimum absolute atomic E-state index is 0.456. The van der Waals surface area contributed by atoms with Crippen LogP contribution in [0.25, 0.3) is 32.9 Å². The van der Waals surface area contributed by atoms with Crippen molar-refractivity contribution in [1.29, 1.82) is 0 Å². The molecule has 1 aromatic heterocycles. The van der Waals surface area contributed by atoms with Crippen LogP contribution in [-0.2, 0) is 6.54 Å². The standard InChI is InChI=1S/C27H20Cl2N2O2/c1-33-18-11-8-16(9-12-18)15-31-23-7-2-4-20(27(30)32)26(23)19-13-10-17(14-24(19)31)25-21(28)5-3-6-22(25)29/h2-14H,15H2,1H3,(H2,30,32). The molecule has 6 heteroatoms. The molecule has 164 valence electrons. The first-order chi connectivity index (χ1) is 16.0. The lowest BCUT2D eigenvalue weighted by atomic mass is 10.0. The molecule has 5 aromatic rings. The molecule has 5 rings (SSSR count). The van der Waals surface area contributed by atoms with Gasteiger partial charge in [-0.2, -0.15) is 0 Å². The molecular weight excluding hydrogens is 455 g/mol. The van der Waals surface area contributed by atoms with Crippen LogP contribution in [-0.4, -0.2) is 17.6 Å². The Kier molecular flexibility index (Phi) is 5.49. The largest absolute Gasteiger partial charge is 0.497 e. The van der Waals surface area contributed by atoms with Gasteiger partial charge in [-0.15, -0.1) is 0 Å². The molecular formula is C27H20Cl2N2O2.